The molecular formula is C25H34N6O3. The molecule has 1 aliphatic carbocycles. The van der Waals surface area contributed by atoms with Gasteiger partial charge in [-0.1, -0.05) is 32.1 Å². The zero-order valence-corrected chi connectivity index (χ0v) is 19.5. The van der Waals surface area contributed by atoms with Crippen molar-refractivity contribution in [2.75, 3.05) is 17.3 Å². The van der Waals surface area contributed by atoms with Crippen LogP contribution in [0.5, 0.6) is 5.75 Å². The smallest absolute Gasteiger partial charge is 0.243 e. The van der Waals surface area contributed by atoms with E-state index in [0.717, 1.165) is 54.0 Å². The normalized spacial score (nSPS) is 14.1. The number of carbonyl (C=O) groups excluding carboxylic acids is 1. The third-order valence-corrected chi connectivity index (χ3v) is 6.21. The summed E-state index contributed by atoms with van der Waals surface area (Å²) in [5.41, 5.74) is 7.82. The van der Waals surface area contributed by atoms with Crippen LogP contribution in [-0.2, 0) is 4.79 Å². The van der Waals surface area contributed by atoms with E-state index in [4.69, 9.17) is 9.94 Å². The summed E-state index contributed by atoms with van der Waals surface area (Å²) >= 11 is 0. The van der Waals surface area contributed by atoms with Crippen LogP contribution in [0.15, 0.2) is 42.9 Å². The van der Waals surface area contributed by atoms with Crippen LogP contribution in [0.4, 0.5) is 11.5 Å². The summed E-state index contributed by atoms with van der Waals surface area (Å²) in [7, 11) is 0. The highest BCUT2D eigenvalue weighted by Crippen LogP contribution is 2.25. The highest BCUT2D eigenvalue weighted by atomic mass is 16.5. The first-order chi connectivity index (χ1) is 16.7. The predicted molar refractivity (Wildman–Crippen MR) is 132 cm³/mol. The third-order valence-electron chi connectivity index (χ3n) is 6.21. The van der Waals surface area contributed by atoms with Crippen molar-refractivity contribution in [1.82, 2.24) is 20.1 Å². The van der Waals surface area contributed by atoms with Gasteiger partial charge in [0.25, 0.3) is 0 Å². The molecule has 0 saturated heterocycles. The molecule has 9 nitrogen and oxygen atoms in total. The first-order valence-corrected chi connectivity index (χ1v) is 12.2. The molecular weight excluding hydrogens is 432 g/mol. The molecule has 0 atom stereocenters. The summed E-state index contributed by atoms with van der Waals surface area (Å²) in [5.74, 6) is 1.34. The van der Waals surface area contributed by atoms with Crippen molar-refractivity contribution in [3.63, 3.8) is 0 Å². The minimum Gasteiger partial charge on any atom is -0.494 e. The molecule has 9 heteroatoms. The fourth-order valence-electron chi connectivity index (χ4n) is 4.33. The fraction of sp³-hybridized carbons (Fsp3) is 0.480. The minimum absolute atomic E-state index is 0.332. The third kappa shape index (κ3) is 6.60. The lowest BCUT2D eigenvalue weighted by molar-refractivity contribution is -0.129. The maximum atomic E-state index is 11.0. The van der Waals surface area contributed by atoms with Crippen LogP contribution >= 0.6 is 0 Å². The number of hydrogen-bond donors (Lipinski definition) is 4. The largest absolute Gasteiger partial charge is 0.494 e. The Hall–Kier alpha value is -3.33. The maximum absolute atomic E-state index is 11.0. The van der Waals surface area contributed by atoms with E-state index >= 15 is 0 Å². The van der Waals surface area contributed by atoms with Gasteiger partial charge in [-0.25, -0.2) is 20.1 Å². The van der Waals surface area contributed by atoms with Crippen molar-refractivity contribution >= 4 is 28.4 Å². The Morgan fingerprint density at radius 2 is 1.82 bits per heavy atom. The van der Waals surface area contributed by atoms with Crippen LogP contribution in [0.3, 0.4) is 0 Å². The molecule has 34 heavy (non-hydrogen) atoms. The number of rotatable bonds is 12. The van der Waals surface area contributed by atoms with Gasteiger partial charge >= 0.3 is 0 Å². The molecule has 1 fully saturated rings. The molecule has 0 aliphatic heterocycles. The molecule has 4 rings (SSSR count). The van der Waals surface area contributed by atoms with Crippen molar-refractivity contribution < 1.29 is 14.7 Å². The number of benzene rings is 1. The van der Waals surface area contributed by atoms with Crippen LogP contribution in [0.2, 0.25) is 0 Å². The van der Waals surface area contributed by atoms with Crippen LogP contribution in [-0.4, -0.2) is 38.4 Å². The average Bonchev–Trinajstić information content (AvgIpc) is 3.28. The van der Waals surface area contributed by atoms with Crippen molar-refractivity contribution in [3.05, 3.63) is 42.9 Å². The van der Waals surface area contributed by atoms with Crippen LogP contribution < -0.4 is 21.0 Å². The van der Waals surface area contributed by atoms with E-state index < -0.39 is 0 Å². The summed E-state index contributed by atoms with van der Waals surface area (Å²) in [5, 5.41) is 12.1. The summed E-state index contributed by atoms with van der Waals surface area (Å²) in [6.45, 7) is 0.634. The summed E-state index contributed by atoms with van der Waals surface area (Å²) in [6, 6.07) is 10.3. The summed E-state index contributed by atoms with van der Waals surface area (Å²) in [4.78, 5) is 20.1. The topological polar surface area (TPSA) is 113 Å². The molecule has 2 aromatic heterocycles. The number of nitrogens with zero attached hydrogens (tertiary/aromatic N) is 3. The number of ether oxygens (including phenoxy) is 1. The number of carbonyl (C=O) groups is 1. The lowest BCUT2D eigenvalue weighted by Gasteiger charge is -2.23. The number of imidazole rings is 1. The van der Waals surface area contributed by atoms with Gasteiger partial charge in [-0.05, 0) is 56.0 Å². The van der Waals surface area contributed by atoms with Crippen LogP contribution in [0, 0.1) is 0 Å². The van der Waals surface area contributed by atoms with Crippen molar-refractivity contribution in [2.45, 2.75) is 70.3 Å². The van der Waals surface area contributed by atoms with E-state index in [2.05, 4.69) is 20.7 Å². The molecule has 1 aromatic carbocycles. The van der Waals surface area contributed by atoms with Gasteiger partial charge in [0.05, 0.1) is 17.8 Å². The Balaban J connectivity index is 1.26. The zero-order valence-electron chi connectivity index (χ0n) is 19.5. The Morgan fingerprint density at radius 3 is 2.62 bits per heavy atom. The van der Waals surface area contributed by atoms with Crippen molar-refractivity contribution in [3.8, 4) is 5.75 Å². The SMILES string of the molecule is O=C(CCCCCCOc1ccc(Nn2cnc3c(NC4CCCCC4)nccc32)cc1)NO. The van der Waals surface area contributed by atoms with E-state index in [-0.39, 0.29) is 5.91 Å². The number of nitrogens with one attached hydrogen (secondary N) is 3. The number of hydrogen-bond acceptors (Lipinski definition) is 7. The molecule has 0 bridgehead atoms. The Morgan fingerprint density at radius 1 is 1.03 bits per heavy atom. The monoisotopic (exact) mass is 466 g/mol. The van der Waals surface area contributed by atoms with Gasteiger partial charge in [-0.2, -0.15) is 0 Å². The van der Waals surface area contributed by atoms with E-state index in [1.165, 1.54) is 32.1 Å². The number of amides is 1. The maximum Gasteiger partial charge on any atom is 0.243 e. The number of anilines is 2. The molecule has 1 amide bonds. The van der Waals surface area contributed by atoms with Gasteiger partial charge in [-0.3, -0.25) is 15.4 Å². The van der Waals surface area contributed by atoms with Gasteiger partial charge in [-0.15, -0.1) is 0 Å². The average molecular weight is 467 g/mol. The lowest BCUT2D eigenvalue weighted by Crippen LogP contribution is -2.23. The number of pyridine rings is 1. The highest BCUT2D eigenvalue weighted by molar-refractivity contribution is 5.86. The van der Waals surface area contributed by atoms with Gasteiger partial charge in [0.2, 0.25) is 5.91 Å². The molecule has 1 saturated carbocycles. The van der Waals surface area contributed by atoms with E-state index in [1.54, 1.807) is 11.8 Å². The zero-order chi connectivity index (χ0) is 23.6. The van der Waals surface area contributed by atoms with Gasteiger partial charge in [0.15, 0.2) is 5.82 Å². The summed E-state index contributed by atoms with van der Waals surface area (Å²) in [6.07, 6.45) is 13.8. The van der Waals surface area contributed by atoms with Crippen LogP contribution in [0.1, 0.15) is 64.2 Å². The standard InChI is InChI=1S/C25H34N6O3/c32-23(30-33)10-6-1-2-7-17-34-21-13-11-20(12-14-21)29-31-18-27-24-22(31)15-16-26-25(24)28-19-8-4-3-5-9-19/h11-16,18-19,29,33H,1-10,17H2,(H,26,28)(H,30,32). The quantitative estimate of drug-likeness (QED) is 0.171. The molecule has 0 unspecified atom stereocenters. The second-order valence-electron chi connectivity index (χ2n) is 8.80. The number of fused-ring (bicyclic) bond motifs is 1. The van der Waals surface area contributed by atoms with E-state index in [0.29, 0.717) is 19.1 Å². The fourth-order valence-corrected chi connectivity index (χ4v) is 4.33. The second kappa shape index (κ2) is 12.2. The lowest BCUT2D eigenvalue weighted by atomic mass is 9.95. The molecule has 3 aromatic rings. The predicted octanol–water partition coefficient (Wildman–Crippen LogP) is 4.89. The Bertz CT molecular complexity index is 1050. The van der Waals surface area contributed by atoms with Crippen molar-refractivity contribution in [2.24, 2.45) is 0 Å². The van der Waals surface area contributed by atoms with Gasteiger partial charge in [0.1, 0.15) is 17.6 Å². The minimum atomic E-state index is -0.332. The highest BCUT2D eigenvalue weighted by Gasteiger charge is 2.16. The Labute approximate surface area is 199 Å². The van der Waals surface area contributed by atoms with Gasteiger partial charge < -0.3 is 10.1 Å². The number of aromatic nitrogens is 3. The van der Waals surface area contributed by atoms with Gasteiger partial charge in [0, 0.05) is 18.7 Å². The second-order valence-corrected chi connectivity index (χ2v) is 8.80. The number of hydroxylamine groups is 1. The molecule has 4 N–H and O–H groups in total. The van der Waals surface area contributed by atoms with Crippen molar-refractivity contribution in [1.29, 1.82) is 0 Å². The summed E-state index contributed by atoms with van der Waals surface area (Å²) < 4.78 is 7.73. The van der Waals surface area contributed by atoms with E-state index in [9.17, 15) is 4.79 Å². The van der Waals surface area contributed by atoms with E-state index in [1.807, 2.05) is 41.2 Å². The first-order valence-electron chi connectivity index (χ1n) is 12.2. The number of unbranched alkanes of at least 4 members (excludes halogenated alkanes) is 3. The molecule has 182 valence electrons. The molecule has 0 spiro atoms. The molecule has 0 radical (unpaired) electrons. The first kappa shape index (κ1) is 23.8. The molecule has 2 heterocycles. The Kier molecular flexibility index (Phi) is 8.56. The van der Waals surface area contributed by atoms with Crippen LogP contribution in [0.25, 0.3) is 11.0 Å². The molecule has 1 aliphatic rings.